The summed E-state index contributed by atoms with van der Waals surface area (Å²) in [5.74, 6) is 1.66. The molecule has 2 aliphatic heterocycles. The number of thiazole rings is 1. The lowest BCUT2D eigenvalue weighted by molar-refractivity contribution is -0.139. The highest BCUT2D eigenvalue weighted by molar-refractivity contribution is 7.07. The van der Waals surface area contributed by atoms with Crippen molar-refractivity contribution in [1.82, 2.24) is 9.13 Å². The van der Waals surface area contributed by atoms with Gasteiger partial charge in [0.2, 0.25) is 6.79 Å². The van der Waals surface area contributed by atoms with Crippen LogP contribution in [0.5, 0.6) is 17.2 Å². The van der Waals surface area contributed by atoms with Crippen LogP contribution in [0.2, 0.25) is 0 Å². The third-order valence-electron chi connectivity index (χ3n) is 7.40. The van der Waals surface area contributed by atoms with Crippen molar-refractivity contribution in [3.05, 3.63) is 102 Å². The van der Waals surface area contributed by atoms with Crippen molar-refractivity contribution < 1.29 is 23.7 Å². The number of hydrogen-bond acceptors (Lipinski definition) is 8. The number of aromatic nitrogens is 2. The summed E-state index contributed by atoms with van der Waals surface area (Å²) in [5, 5.41) is 0. The highest BCUT2D eigenvalue weighted by atomic mass is 32.1. The fraction of sp³-hybridized carbons (Fsp3) is 0.281. The number of esters is 1. The summed E-state index contributed by atoms with van der Waals surface area (Å²) in [6.45, 7) is 10.5. The molecule has 0 aliphatic carbocycles. The molecule has 2 aromatic heterocycles. The fourth-order valence-electron chi connectivity index (χ4n) is 5.52. The molecule has 10 heteroatoms. The Balaban J connectivity index is 1.47. The van der Waals surface area contributed by atoms with E-state index in [4.69, 9.17) is 18.9 Å². The molecule has 42 heavy (non-hydrogen) atoms. The number of aryl methyl sites for hydroxylation is 1. The Morgan fingerprint density at radius 3 is 2.55 bits per heavy atom. The zero-order valence-corrected chi connectivity index (χ0v) is 24.9. The molecule has 216 valence electrons. The van der Waals surface area contributed by atoms with Crippen LogP contribution in [0.1, 0.15) is 49.3 Å². The summed E-state index contributed by atoms with van der Waals surface area (Å²) in [7, 11) is 0. The average molecular weight is 586 g/mol. The van der Waals surface area contributed by atoms with Gasteiger partial charge in [0.25, 0.3) is 5.56 Å². The lowest BCUT2D eigenvalue weighted by atomic mass is 9.96. The molecule has 0 radical (unpaired) electrons. The maximum atomic E-state index is 14.1. The Hall–Kier alpha value is -4.57. The highest BCUT2D eigenvalue weighted by Gasteiger charge is 2.33. The molecule has 0 saturated carbocycles. The van der Waals surface area contributed by atoms with Gasteiger partial charge >= 0.3 is 5.97 Å². The van der Waals surface area contributed by atoms with Crippen LogP contribution < -0.4 is 29.1 Å². The van der Waals surface area contributed by atoms with Gasteiger partial charge < -0.3 is 23.5 Å². The van der Waals surface area contributed by atoms with E-state index in [1.807, 2.05) is 69.3 Å². The minimum Gasteiger partial charge on any atom is -0.494 e. The van der Waals surface area contributed by atoms with Crippen LogP contribution in [-0.2, 0) is 9.53 Å². The minimum absolute atomic E-state index is 0.212. The number of carbonyl (C=O) groups excluding carboxylic acids is 1. The van der Waals surface area contributed by atoms with Gasteiger partial charge in [0.1, 0.15) is 5.75 Å². The van der Waals surface area contributed by atoms with E-state index < -0.39 is 12.0 Å². The largest absolute Gasteiger partial charge is 0.494 e. The zero-order valence-electron chi connectivity index (χ0n) is 24.1. The number of allylic oxidation sites excluding steroid dienone is 1. The van der Waals surface area contributed by atoms with E-state index in [0.717, 1.165) is 34.0 Å². The number of hydrogen-bond donors (Lipinski definition) is 0. The number of carbonyl (C=O) groups is 1. The molecule has 0 N–H and O–H groups in total. The lowest BCUT2D eigenvalue weighted by Gasteiger charge is -2.24. The van der Waals surface area contributed by atoms with Crippen LogP contribution >= 0.6 is 11.3 Å². The lowest BCUT2D eigenvalue weighted by Crippen LogP contribution is -2.39. The van der Waals surface area contributed by atoms with Crippen LogP contribution in [-0.4, -0.2) is 35.1 Å². The van der Waals surface area contributed by atoms with E-state index in [9.17, 15) is 9.59 Å². The topological polar surface area (TPSA) is 93.3 Å². The monoisotopic (exact) mass is 585 g/mol. The Morgan fingerprint density at radius 1 is 1.05 bits per heavy atom. The van der Waals surface area contributed by atoms with Crippen LogP contribution in [0.3, 0.4) is 0 Å². The van der Waals surface area contributed by atoms with E-state index >= 15 is 0 Å². The maximum Gasteiger partial charge on any atom is 0.338 e. The number of benzene rings is 2. The molecule has 4 aromatic rings. The van der Waals surface area contributed by atoms with Gasteiger partial charge in [0.15, 0.2) is 16.3 Å². The molecular weight excluding hydrogens is 554 g/mol. The molecule has 0 amide bonds. The molecule has 1 unspecified atom stereocenters. The number of ether oxygens (including phenoxy) is 4. The third-order valence-corrected chi connectivity index (χ3v) is 8.38. The van der Waals surface area contributed by atoms with E-state index in [-0.39, 0.29) is 19.0 Å². The van der Waals surface area contributed by atoms with Gasteiger partial charge in [-0.2, -0.15) is 0 Å². The third kappa shape index (κ3) is 4.71. The van der Waals surface area contributed by atoms with Gasteiger partial charge in [-0.3, -0.25) is 9.36 Å². The molecule has 2 aromatic carbocycles. The van der Waals surface area contributed by atoms with Gasteiger partial charge in [0, 0.05) is 23.1 Å². The maximum absolute atomic E-state index is 14.1. The SMILES string of the molecule is CCOC(=O)C1=C(C)N=c2sc(=Cc3cc(C)n(-c4ccc5c(c4)OCO5)c3C)c(=O)n2C1c1ccc(OCC)cc1. The van der Waals surface area contributed by atoms with Crippen molar-refractivity contribution in [3.8, 4) is 22.9 Å². The molecule has 4 heterocycles. The molecule has 0 fully saturated rings. The van der Waals surface area contributed by atoms with E-state index in [0.29, 0.717) is 38.7 Å². The Labute approximate surface area is 246 Å². The van der Waals surface area contributed by atoms with Gasteiger partial charge in [-0.15, -0.1) is 0 Å². The second-order valence-electron chi connectivity index (χ2n) is 10.0. The Morgan fingerprint density at radius 2 is 1.81 bits per heavy atom. The fourth-order valence-corrected chi connectivity index (χ4v) is 6.55. The van der Waals surface area contributed by atoms with Crippen molar-refractivity contribution in [2.24, 2.45) is 4.99 Å². The molecule has 9 nitrogen and oxygen atoms in total. The van der Waals surface area contributed by atoms with E-state index in [1.54, 1.807) is 18.4 Å². The van der Waals surface area contributed by atoms with Crippen LogP contribution in [0.4, 0.5) is 0 Å². The number of rotatable bonds is 7. The Kier molecular flexibility index (Phi) is 7.24. The van der Waals surface area contributed by atoms with E-state index in [2.05, 4.69) is 15.6 Å². The summed E-state index contributed by atoms with van der Waals surface area (Å²) in [6, 6.07) is 14.7. The quantitative estimate of drug-likeness (QED) is 0.300. The Bertz CT molecular complexity index is 1910. The van der Waals surface area contributed by atoms with E-state index in [1.165, 1.54) is 11.3 Å². The first kappa shape index (κ1) is 27.6. The van der Waals surface area contributed by atoms with Gasteiger partial charge in [-0.05, 0) is 82.2 Å². The second-order valence-corrected chi connectivity index (χ2v) is 11.0. The molecule has 6 rings (SSSR count). The smallest absolute Gasteiger partial charge is 0.338 e. The predicted molar refractivity (Wildman–Crippen MR) is 159 cm³/mol. The summed E-state index contributed by atoms with van der Waals surface area (Å²) >= 11 is 1.30. The molecular formula is C32H31N3O6S. The first-order valence-electron chi connectivity index (χ1n) is 13.8. The molecule has 0 saturated heterocycles. The first-order chi connectivity index (χ1) is 20.3. The zero-order chi connectivity index (χ0) is 29.5. The summed E-state index contributed by atoms with van der Waals surface area (Å²) in [4.78, 5) is 32.4. The second kappa shape index (κ2) is 11.0. The van der Waals surface area contributed by atoms with Crippen LogP contribution in [0.25, 0.3) is 11.8 Å². The number of nitrogens with zero attached hydrogens (tertiary/aromatic N) is 3. The average Bonchev–Trinajstić information content (AvgIpc) is 3.64. The molecule has 0 bridgehead atoms. The summed E-state index contributed by atoms with van der Waals surface area (Å²) < 4.78 is 26.3. The van der Waals surface area contributed by atoms with Crippen molar-refractivity contribution in [3.63, 3.8) is 0 Å². The highest BCUT2D eigenvalue weighted by Crippen LogP contribution is 2.35. The van der Waals surface area contributed by atoms with Crippen LogP contribution in [0, 0.1) is 13.8 Å². The molecule has 2 aliphatic rings. The van der Waals surface area contributed by atoms with Crippen molar-refractivity contribution in [2.45, 2.75) is 40.7 Å². The van der Waals surface area contributed by atoms with Gasteiger partial charge in [0.05, 0.1) is 35.1 Å². The standard InChI is InChI=1S/C32H31N3O6S/c1-6-38-24-11-8-21(9-12-24)29-28(31(37)39-7-2)19(4)33-32-35(29)30(36)27(42-32)15-22-14-18(3)34(20(22)5)23-10-13-25-26(16-23)41-17-40-25/h8-16,29H,6-7,17H2,1-5H3. The van der Waals surface area contributed by atoms with Crippen molar-refractivity contribution in [2.75, 3.05) is 20.0 Å². The van der Waals surface area contributed by atoms with Gasteiger partial charge in [-0.25, -0.2) is 9.79 Å². The van der Waals surface area contributed by atoms with Crippen molar-refractivity contribution in [1.29, 1.82) is 0 Å². The summed E-state index contributed by atoms with van der Waals surface area (Å²) in [5.41, 5.74) is 5.27. The minimum atomic E-state index is -0.681. The van der Waals surface area contributed by atoms with Crippen molar-refractivity contribution >= 4 is 23.4 Å². The predicted octanol–water partition coefficient (Wildman–Crippen LogP) is 4.33. The molecule has 0 spiro atoms. The van der Waals surface area contributed by atoms with Crippen LogP contribution in [0.15, 0.2) is 69.6 Å². The first-order valence-corrected chi connectivity index (χ1v) is 14.6. The summed E-state index contributed by atoms with van der Waals surface area (Å²) in [6.07, 6.45) is 1.90. The number of fused-ring (bicyclic) bond motifs is 2. The van der Waals surface area contributed by atoms with Gasteiger partial charge in [-0.1, -0.05) is 23.5 Å². The molecule has 1 atom stereocenters. The normalized spacial score (nSPS) is 15.9.